The Morgan fingerprint density at radius 3 is 2.92 bits per heavy atom. The summed E-state index contributed by atoms with van der Waals surface area (Å²) in [5.74, 6) is 1.55. The molecule has 0 N–H and O–H groups in total. The lowest BCUT2D eigenvalue weighted by molar-refractivity contribution is 0.257. The van der Waals surface area contributed by atoms with Gasteiger partial charge in [0.15, 0.2) is 5.76 Å². The predicted octanol–water partition coefficient (Wildman–Crippen LogP) is 1.79. The van der Waals surface area contributed by atoms with Gasteiger partial charge in [-0.3, -0.25) is 4.90 Å². The molecule has 0 bridgehead atoms. The molecule has 0 atom stereocenters. The lowest BCUT2D eigenvalue weighted by Crippen LogP contribution is -2.26. The maximum Gasteiger partial charge on any atom is 0.154 e. The zero-order valence-corrected chi connectivity index (χ0v) is 8.50. The normalized spacial score (nSPS) is 17.8. The summed E-state index contributed by atoms with van der Waals surface area (Å²) < 4.78 is 5.33. The number of hydrogen-bond donors (Lipinski definition) is 0. The molecular weight excluding hydrogens is 164 g/mol. The van der Waals surface area contributed by atoms with Gasteiger partial charge in [0.05, 0.1) is 12.2 Å². The Morgan fingerprint density at radius 2 is 2.23 bits per heavy atom. The van der Waals surface area contributed by atoms with Gasteiger partial charge in [-0.05, 0) is 19.4 Å². The fraction of sp³-hybridized carbons (Fsp3) is 0.700. The summed E-state index contributed by atoms with van der Waals surface area (Å²) in [6, 6.07) is 0. The summed E-state index contributed by atoms with van der Waals surface area (Å²) in [4.78, 5) is 2.26. The molecule has 1 aromatic heterocycles. The minimum atomic E-state index is 0.482. The molecular formula is C10H16N2O. The second-order valence-electron chi connectivity index (χ2n) is 4.11. The summed E-state index contributed by atoms with van der Waals surface area (Å²) in [6.45, 7) is 6.36. The van der Waals surface area contributed by atoms with E-state index < -0.39 is 0 Å². The summed E-state index contributed by atoms with van der Waals surface area (Å²) in [6.07, 6.45) is 1.09. The molecule has 1 aliphatic rings. The fourth-order valence-corrected chi connectivity index (χ4v) is 1.83. The molecule has 0 fully saturated rings. The van der Waals surface area contributed by atoms with E-state index >= 15 is 0 Å². The first-order chi connectivity index (χ1) is 6.18. The van der Waals surface area contributed by atoms with E-state index in [1.807, 2.05) is 0 Å². The van der Waals surface area contributed by atoms with Crippen LogP contribution >= 0.6 is 0 Å². The van der Waals surface area contributed by atoms with Crippen molar-refractivity contribution in [3.63, 3.8) is 0 Å². The molecule has 2 rings (SSSR count). The highest BCUT2D eigenvalue weighted by Crippen LogP contribution is 2.26. The molecule has 0 spiro atoms. The zero-order valence-electron chi connectivity index (χ0n) is 8.50. The van der Waals surface area contributed by atoms with Gasteiger partial charge in [0.2, 0.25) is 0 Å². The first kappa shape index (κ1) is 8.75. The van der Waals surface area contributed by atoms with Gasteiger partial charge in [0.25, 0.3) is 0 Å². The third kappa shape index (κ3) is 1.48. The van der Waals surface area contributed by atoms with Crippen LogP contribution in [0.15, 0.2) is 4.52 Å². The lowest BCUT2D eigenvalue weighted by atomic mass is 9.99. The van der Waals surface area contributed by atoms with Crippen LogP contribution in [0.5, 0.6) is 0 Å². The summed E-state index contributed by atoms with van der Waals surface area (Å²) in [5, 5.41) is 4.13. The first-order valence-electron chi connectivity index (χ1n) is 4.84. The Bertz CT molecular complexity index is 304. The molecule has 2 heterocycles. The Hall–Kier alpha value is -0.830. The van der Waals surface area contributed by atoms with Crippen LogP contribution in [0, 0.1) is 0 Å². The number of likely N-dealkylation sites (N-methyl/N-ethyl adjacent to an activating group) is 1. The highest BCUT2D eigenvalue weighted by atomic mass is 16.5. The Balaban J connectivity index is 2.33. The van der Waals surface area contributed by atoms with Gasteiger partial charge in [0, 0.05) is 12.1 Å². The first-order valence-corrected chi connectivity index (χ1v) is 4.84. The van der Waals surface area contributed by atoms with Crippen molar-refractivity contribution in [2.24, 2.45) is 0 Å². The van der Waals surface area contributed by atoms with Crippen molar-refractivity contribution in [1.82, 2.24) is 10.1 Å². The van der Waals surface area contributed by atoms with E-state index in [1.54, 1.807) is 0 Å². The third-order valence-electron chi connectivity index (χ3n) is 2.60. The molecule has 1 aromatic rings. The van der Waals surface area contributed by atoms with E-state index in [1.165, 1.54) is 5.56 Å². The predicted molar refractivity (Wildman–Crippen MR) is 50.6 cm³/mol. The number of fused-ring (bicyclic) bond motifs is 1. The minimum absolute atomic E-state index is 0.482. The van der Waals surface area contributed by atoms with E-state index in [-0.39, 0.29) is 0 Å². The molecule has 1 aliphatic heterocycles. The number of nitrogens with zero attached hydrogens (tertiary/aromatic N) is 2. The average Bonchev–Trinajstić information content (AvgIpc) is 2.46. The maximum atomic E-state index is 5.33. The number of rotatable bonds is 1. The van der Waals surface area contributed by atoms with E-state index in [2.05, 4.69) is 31.0 Å². The highest BCUT2D eigenvalue weighted by molar-refractivity contribution is 5.27. The van der Waals surface area contributed by atoms with Crippen LogP contribution in [0.3, 0.4) is 0 Å². The van der Waals surface area contributed by atoms with Crippen LogP contribution in [-0.4, -0.2) is 23.6 Å². The second kappa shape index (κ2) is 3.14. The Labute approximate surface area is 78.7 Å². The van der Waals surface area contributed by atoms with Crippen molar-refractivity contribution in [3.05, 3.63) is 17.0 Å². The second-order valence-corrected chi connectivity index (χ2v) is 4.11. The van der Waals surface area contributed by atoms with Crippen molar-refractivity contribution < 1.29 is 4.52 Å². The van der Waals surface area contributed by atoms with Gasteiger partial charge >= 0.3 is 0 Å². The van der Waals surface area contributed by atoms with E-state index in [4.69, 9.17) is 4.52 Å². The van der Waals surface area contributed by atoms with Crippen LogP contribution in [0.4, 0.5) is 0 Å². The topological polar surface area (TPSA) is 29.3 Å². The summed E-state index contributed by atoms with van der Waals surface area (Å²) in [5.41, 5.74) is 2.51. The van der Waals surface area contributed by atoms with E-state index in [9.17, 15) is 0 Å². The van der Waals surface area contributed by atoms with Gasteiger partial charge < -0.3 is 4.52 Å². The van der Waals surface area contributed by atoms with Crippen molar-refractivity contribution in [2.75, 3.05) is 13.6 Å². The van der Waals surface area contributed by atoms with Gasteiger partial charge in [-0.1, -0.05) is 19.0 Å². The number of hydrogen-bond acceptors (Lipinski definition) is 3. The smallest absolute Gasteiger partial charge is 0.154 e. The maximum absolute atomic E-state index is 5.33. The Morgan fingerprint density at radius 1 is 1.46 bits per heavy atom. The molecule has 0 saturated carbocycles. The molecule has 0 unspecified atom stereocenters. The van der Waals surface area contributed by atoms with E-state index in [0.717, 1.165) is 31.0 Å². The monoisotopic (exact) mass is 180 g/mol. The van der Waals surface area contributed by atoms with Crippen LogP contribution < -0.4 is 0 Å². The molecule has 72 valence electrons. The van der Waals surface area contributed by atoms with Crippen LogP contribution in [0.2, 0.25) is 0 Å². The molecule has 3 heteroatoms. The molecule has 13 heavy (non-hydrogen) atoms. The van der Waals surface area contributed by atoms with Crippen LogP contribution in [-0.2, 0) is 13.0 Å². The van der Waals surface area contributed by atoms with Crippen LogP contribution in [0.25, 0.3) is 0 Å². The van der Waals surface area contributed by atoms with Crippen molar-refractivity contribution in [3.8, 4) is 0 Å². The largest absolute Gasteiger partial charge is 0.359 e. The van der Waals surface area contributed by atoms with Crippen LogP contribution in [0.1, 0.15) is 36.8 Å². The van der Waals surface area contributed by atoms with Gasteiger partial charge in [0.1, 0.15) is 0 Å². The third-order valence-corrected chi connectivity index (χ3v) is 2.60. The molecule has 0 saturated heterocycles. The van der Waals surface area contributed by atoms with E-state index in [0.29, 0.717) is 5.92 Å². The van der Waals surface area contributed by atoms with Crippen molar-refractivity contribution in [2.45, 2.75) is 32.7 Å². The van der Waals surface area contributed by atoms with Crippen molar-refractivity contribution >= 4 is 0 Å². The average molecular weight is 180 g/mol. The van der Waals surface area contributed by atoms with Crippen molar-refractivity contribution in [1.29, 1.82) is 0 Å². The quantitative estimate of drug-likeness (QED) is 0.659. The molecule has 0 radical (unpaired) electrons. The zero-order chi connectivity index (χ0) is 9.42. The minimum Gasteiger partial charge on any atom is -0.359 e. The lowest BCUT2D eigenvalue weighted by Gasteiger charge is -2.20. The Kier molecular flexibility index (Phi) is 2.12. The number of aromatic nitrogens is 1. The highest BCUT2D eigenvalue weighted by Gasteiger charge is 2.22. The molecule has 3 nitrogen and oxygen atoms in total. The molecule has 0 aromatic carbocycles. The summed E-state index contributed by atoms with van der Waals surface area (Å²) in [7, 11) is 2.11. The molecule has 0 aliphatic carbocycles. The van der Waals surface area contributed by atoms with Gasteiger partial charge in [-0.15, -0.1) is 0 Å². The standard InChI is InChI=1S/C10H16N2O/c1-7(2)10-8-4-5-12(3)6-9(8)13-11-10/h7H,4-6H2,1-3H3. The summed E-state index contributed by atoms with van der Waals surface area (Å²) >= 11 is 0. The SMILES string of the molecule is CC(C)c1noc2c1CCN(C)C2. The molecule has 0 amide bonds. The van der Waals surface area contributed by atoms with Gasteiger partial charge in [-0.25, -0.2) is 0 Å². The van der Waals surface area contributed by atoms with Gasteiger partial charge in [-0.2, -0.15) is 0 Å². The fourth-order valence-electron chi connectivity index (χ4n) is 1.83.